The van der Waals surface area contributed by atoms with Gasteiger partial charge in [0.2, 0.25) is 0 Å². The Morgan fingerprint density at radius 3 is 2.67 bits per heavy atom. The predicted octanol–water partition coefficient (Wildman–Crippen LogP) is 1.27. The number of hydrogen-bond donors (Lipinski definition) is 2. The summed E-state index contributed by atoms with van der Waals surface area (Å²) in [5, 5.41) is 19.8. The van der Waals surface area contributed by atoms with Gasteiger partial charge in [-0.2, -0.15) is 0 Å². The second-order valence-corrected chi connectivity index (χ2v) is 4.54. The Kier molecular flexibility index (Phi) is 3.59. The summed E-state index contributed by atoms with van der Waals surface area (Å²) in [4.78, 5) is 23.8. The van der Waals surface area contributed by atoms with Gasteiger partial charge in [0, 0.05) is 6.54 Å². The maximum absolute atomic E-state index is 12.0. The van der Waals surface area contributed by atoms with Gasteiger partial charge < -0.3 is 14.8 Å². The average molecular weight is 265 g/mol. The molecule has 0 spiro atoms. The molecule has 0 unspecified atom stereocenters. The maximum atomic E-state index is 12.0. The van der Waals surface area contributed by atoms with Crippen molar-refractivity contribution in [3.8, 4) is 10.6 Å². The molecule has 0 atom stereocenters. The quantitative estimate of drug-likeness (QED) is 0.872. The third-order valence-corrected chi connectivity index (χ3v) is 3.39. The van der Waals surface area contributed by atoms with Crippen LogP contribution in [0.5, 0.6) is 0 Å². The molecule has 0 saturated carbocycles. The molecule has 18 heavy (non-hydrogen) atoms. The Morgan fingerprint density at radius 2 is 2.11 bits per heavy atom. The fraction of sp³-hybridized carbons (Fsp3) is 0.167. The highest BCUT2D eigenvalue weighted by atomic mass is 32.1. The molecule has 5 nitrogen and oxygen atoms in total. The Labute approximate surface area is 107 Å². The number of aliphatic hydroxyl groups is 1. The van der Waals surface area contributed by atoms with E-state index < -0.39 is 11.5 Å². The number of carboxylic acid groups (broad SMARTS) is 1. The topological polar surface area (TPSA) is 79.5 Å². The molecule has 0 radical (unpaired) electrons. The third-order valence-electron chi connectivity index (χ3n) is 2.50. The van der Waals surface area contributed by atoms with Gasteiger partial charge in [0.15, 0.2) is 0 Å². The third kappa shape index (κ3) is 2.20. The van der Waals surface area contributed by atoms with Crippen LogP contribution in [0.15, 0.2) is 34.4 Å². The first-order valence-electron chi connectivity index (χ1n) is 5.27. The van der Waals surface area contributed by atoms with Gasteiger partial charge in [-0.15, -0.1) is 11.3 Å². The van der Waals surface area contributed by atoms with Crippen LogP contribution >= 0.6 is 11.3 Å². The van der Waals surface area contributed by atoms with Crippen LogP contribution in [-0.2, 0) is 6.54 Å². The van der Waals surface area contributed by atoms with Gasteiger partial charge in [-0.3, -0.25) is 4.79 Å². The lowest BCUT2D eigenvalue weighted by atomic mass is 10.2. The SMILES string of the molecule is O=C(O)c1ccc(-c2cccs2)n(CCO)c1=O. The van der Waals surface area contributed by atoms with E-state index in [9.17, 15) is 9.59 Å². The normalized spacial score (nSPS) is 10.5. The minimum atomic E-state index is -1.26. The van der Waals surface area contributed by atoms with Crippen molar-refractivity contribution >= 4 is 17.3 Å². The number of thiophene rings is 1. The molecule has 0 aromatic carbocycles. The van der Waals surface area contributed by atoms with Crippen molar-refractivity contribution in [3.05, 3.63) is 45.6 Å². The number of carbonyl (C=O) groups is 1. The average Bonchev–Trinajstić information content (AvgIpc) is 2.84. The summed E-state index contributed by atoms with van der Waals surface area (Å²) in [6.07, 6.45) is 0. The Bertz CT molecular complexity index is 616. The molecule has 0 amide bonds. The van der Waals surface area contributed by atoms with Crippen LogP contribution in [0.4, 0.5) is 0 Å². The molecule has 2 heterocycles. The van der Waals surface area contributed by atoms with E-state index in [0.717, 1.165) is 4.88 Å². The summed E-state index contributed by atoms with van der Waals surface area (Å²) >= 11 is 1.45. The zero-order valence-corrected chi connectivity index (χ0v) is 10.2. The van der Waals surface area contributed by atoms with E-state index in [1.807, 2.05) is 17.5 Å². The Balaban J connectivity index is 2.65. The van der Waals surface area contributed by atoms with Crippen molar-refractivity contribution in [3.63, 3.8) is 0 Å². The van der Waals surface area contributed by atoms with Crippen LogP contribution in [0.2, 0.25) is 0 Å². The van der Waals surface area contributed by atoms with Gasteiger partial charge >= 0.3 is 5.97 Å². The fourth-order valence-corrected chi connectivity index (χ4v) is 2.46. The van der Waals surface area contributed by atoms with Crippen molar-refractivity contribution in [2.45, 2.75) is 6.54 Å². The highest BCUT2D eigenvalue weighted by Gasteiger charge is 2.14. The minimum absolute atomic E-state index is 0.0766. The van der Waals surface area contributed by atoms with Crippen molar-refractivity contribution in [1.82, 2.24) is 4.57 Å². The lowest BCUT2D eigenvalue weighted by Crippen LogP contribution is -2.28. The molecule has 0 bridgehead atoms. The smallest absolute Gasteiger partial charge is 0.341 e. The van der Waals surface area contributed by atoms with Crippen LogP contribution in [-0.4, -0.2) is 27.4 Å². The molecule has 0 fully saturated rings. The van der Waals surface area contributed by atoms with Gasteiger partial charge in [0.1, 0.15) is 5.56 Å². The van der Waals surface area contributed by atoms with Gasteiger partial charge in [-0.25, -0.2) is 4.79 Å². The van der Waals surface area contributed by atoms with E-state index in [4.69, 9.17) is 10.2 Å². The molecule has 2 rings (SSSR count). The number of aromatic nitrogens is 1. The minimum Gasteiger partial charge on any atom is -0.477 e. The van der Waals surface area contributed by atoms with E-state index >= 15 is 0 Å². The molecule has 0 aliphatic carbocycles. The molecular formula is C12H11NO4S. The van der Waals surface area contributed by atoms with Crippen LogP contribution in [0.3, 0.4) is 0 Å². The summed E-state index contributed by atoms with van der Waals surface area (Å²) in [6.45, 7) is -0.144. The molecule has 2 aromatic heterocycles. The first-order chi connectivity index (χ1) is 8.65. The zero-order chi connectivity index (χ0) is 13.1. The number of hydrogen-bond acceptors (Lipinski definition) is 4. The molecule has 2 N–H and O–H groups in total. The summed E-state index contributed by atoms with van der Waals surface area (Å²) in [5.74, 6) is -1.26. The number of aromatic carboxylic acids is 1. The van der Waals surface area contributed by atoms with Gasteiger partial charge in [-0.1, -0.05) is 6.07 Å². The fourth-order valence-electron chi connectivity index (χ4n) is 1.70. The van der Waals surface area contributed by atoms with Crippen LogP contribution in [0.25, 0.3) is 10.6 Å². The van der Waals surface area contributed by atoms with E-state index in [1.165, 1.54) is 22.0 Å². The lowest BCUT2D eigenvalue weighted by molar-refractivity contribution is 0.0694. The van der Waals surface area contributed by atoms with Crippen molar-refractivity contribution in [2.24, 2.45) is 0 Å². The first kappa shape index (κ1) is 12.5. The van der Waals surface area contributed by atoms with E-state index in [2.05, 4.69) is 0 Å². The molecule has 2 aromatic rings. The van der Waals surface area contributed by atoms with Crippen molar-refractivity contribution in [2.75, 3.05) is 6.61 Å². The van der Waals surface area contributed by atoms with Crippen molar-refractivity contribution in [1.29, 1.82) is 0 Å². The summed E-state index contributed by atoms with van der Waals surface area (Å²) in [5.41, 5.74) is -0.264. The lowest BCUT2D eigenvalue weighted by Gasteiger charge is -2.11. The second kappa shape index (κ2) is 5.16. The van der Waals surface area contributed by atoms with Crippen LogP contribution in [0, 0.1) is 0 Å². The zero-order valence-electron chi connectivity index (χ0n) is 9.37. The molecule has 0 aliphatic rings. The van der Waals surface area contributed by atoms with Crippen molar-refractivity contribution < 1.29 is 15.0 Å². The maximum Gasteiger partial charge on any atom is 0.341 e. The van der Waals surface area contributed by atoms with E-state index in [1.54, 1.807) is 6.07 Å². The second-order valence-electron chi connectivity index (χ2n) is 3.60. The Hall–Kier alpha value is -1.92. The molecular weight excluding hydrogens is 254 g/mol. The molecule has 0 aliphatic heterocycles. The summed E-state index contributed by atoms with van der Waals surface area (Å²) < 4.78 is 1.29. The number of rotatable bonds is 4. The van der Waals surface area contributed by atoms with Gasteiger partial charge in [-0.05, 0) is 23.6 Å². The summed E-state index contributed by atoms with van der Waals surface area (Å²) in [7, 11) is 0. The number of nitrogens with zero attached hydrogens (tertiary/aromatic N) is 1. The standard InChI is InChI=1S/C12H11NO4S/c14-6-5-13-9(10-2-1-7-18-10)4-3-8(11(13)15)12(16)17/h1-4,7,14H,5-6H2,(H,16,17). The van der Waals surface area contributed by atoms with Crippen LogP contribution < -0.4 is 5.56 Å². The first-order valence-corrected chi connectivity index (χ1v) is 6.15. The monoisotopic (exact) mass is 265 g/mol. The summed E-state index contributed by atoms with van der Waals surface area (Å²) in [6, 6.07) is 6.58. The highest BCUT2D eigenvalue weighted by molar-refractivity contribution is 7.13. The van der Waals surface area contributed by atoms with E-state index in [0.29, 0.717) is 5.69 Å². The molecule has 6 heteroatoms. The number of pyridine rings is 1. The largest absolute Gasteiger partial charge is 0.477 e. The van der Waals surface area contributed by atoms with E-state index in [-0.39, 0.29) is 18.7 Å². The number of carboxylic acids is 1. The molecule has 0 saturated heterocycles. The van der Waals surface area contributed by atoms with Crippen LogP contribution in [0.1, 0.15) is 10.4 Å². The predicted molar refractivity (Wildman–Crippen MR) is 68.1 cm³/mol. The van der Waals surface area contributed by atoms with Gasteiger partial charge in [0.05, 0.1) is 17.2 Å². The van der Waals surface area contributed by atoms with Gasteiger partial charge in [0.25, 0.3) is 5.56 Å². The Morgan fingerprint density at radius 1 is 1.33 bits per heavy atom. The number of aliphatic hydroxyl groups excluding tert-OH is 1. The molecule has 94 valence electrons. The highest BCUT2D eigenvalue weighted by Crippen LogP contribution is 2.23.